The van der Waals surface area contributed by atoms with Gasteiger partial charge in [-0.05, 0) is 0 Å². The van der Waals surface area contributed by atoms with Crippen molar-refractivity contribution in [3.05, 3.63) is 66.2 Å². The van der Waals surface area contributed by atoms with E-state index in [1.165, 1.54) is 9.96 Å². The molecule has 0 bridgehead atoms. The van der Waals surface area contributed by atoms with Crippen LogP contribution in [0.15, 0.2) is 60.7 Å². The van der Waals surface area contributed by atoms with Gasteiger partial charge in [0.2, 0.25) is 0 Å². The third-order valence-corrected chi connectivity index (χ3v) is 5.70. The van der Waals surface area contributed by atoms with Crippen LogP contribution in [0.5, 0.6) is 5.88 Å². The van der Waals surface area contributed by atoms with Gasteiger partial charge in [-0.1, -0.05) is 0 Å². The number of esters is 1. The van der Waals surface area contributed by atoms with Crippen LogP contribution in [-0.2, 0) is 11.2 Å². The molecule has 0 aliphatic rings. The predicted octanol–water partition coefficient (Wildman–Crippen LogP) is 1.76. The van der Waals surface area contributed by atoms with Crippen molar-refractivity contribution < 1.29 is 9.53 Å². The molecule has 0 aliphatic heterocycles. The minimum atomic E-state index is -0.237. The molecule has 110 valence electrons. The maximum absolute atomic E-state index is 12.0. The Hall–Kier alpha value is -2.14. The quantitative estimate of drug-likeness (QED) is 0.531. The van der Waals surface area contributed by atoms with Gasteiger partial charge in [0, 0.05) is 0 Å². The zero-order valence-corrected chi connectivity index (χ0v) is 16.6. The fourth-order valence-electron chi connectivity index (χ4n) is 2.40. The number of nitrogens with zero attached hydrogens (tertiary/aromatic N) is 1. The maximum atomic E-state index is 12.0. The SMILES string of the molecule is O=C(CCc1cccc[c]1[GeH3])Oc1ccc2ccccc2n1. The number of fused-ring (bicyclic) bond motifs is 1. The minimum absolute atomic E-state index is 0.237. The molecule has 0 saturated heterocycles. The molecule has 0 amide bonds. The second-order valence-corrected chi connectivity index (χ2v) is 7.50. The number of carbonyl (C=O) groups excluding carboxylic acids is 1. The van der Waals surface area contributed by atoms with Gasteiger partial charge in [-0.25, -0.2) is 0 Å². The van der Waals surface area contributed by atoms with Crippen molar-refractivity contribution in [1.29, 1.82) is 0 Å². The second-order valence-electron chi connectivity index (χ2n) is 5.24. The van der Waals surface area contributed by atoms with Crippen molar-refractivity contribution in [2.75, 3.05) is 0 Å². The summed E-state index contributed by atoms with van der Waals surface area (Å²) in [7, 11) is 0. The molecule has 0 aliphatic carbocycles. The van der Waals surface area contributed by atoms with E-state index in [1.807, 2.05) is 42.5 Å². The number of aromatic nitrogens is 1. The van der Waals surface area contributed by atoms with Gasteiger partial charge < -0.3 is 0 Å². The van der Waals surface area contributed by atoms with Gasteiger partial charge in [0.15, 0.2) is 0 Å². The number of hydrogen-bond acceptors (Lipinski definition) is 3. The van der Waals surface area contributed by atoms with E-state index in [4.69, 9.17) is 4.74 Å². The first-order chi connectivity index (χ1) is 10.7. The van der Waals surface area contributed by atoms with Crippen LogP contribution in [0.3, 0.4) is 0 Å². The normalized spacial score (nSPS) is 10.7. The molecular weight excluding hydrogens is 335 g/mol. The Bertz CT molecular complexity index is 817. The summed E-state index contributed by atoms with van der Waals surface area (Å²) in [6.45, 7) is 0. The third-order valence-electron chi connectivity index (χ3n) is 3.65. The van der Waals surface area contributed by atoms with Crippen LogP contribution in [0.25, 0.3) is 10.9 Å². The molecule has 0 fully saturated rings. The summed E-state index contributed by atoms with van der Waals surface area (Å²) in [6.07, 6.45) is 1.10. The fourth-order valence-corrected chi connectivity index (χ4v) is 3.68. The standard InChI is InChI=1S/C18H17GeNO2/c19-15-7-3-1-5-13(15)10-12-18(21)22-17-11-9-14-6-2-4-8-16(14)20-17/h1-9,11H,10,12H2,19H3. The van der Waals surface area contributed by atoms with E-state index in [1.54, 1.807) is 6.07 Å². The molecule has 4 heteroatoms. The zero-order chi connectivity index (χ0) is 15.4. The number of pyridine rings is 1. The fraction of sp³-hybridized carbons (Fsp3) is 0.111. The first kappa shape index (κ1) is 14.8. The number of rotatable bonds is 4. The molecule has 0 saturated carbocycles. The first-order valence-electron chi connectivity index (χ1n) is 7.33. The molecule has 1 aromatic heterocycles. The number of benzene rings is 2. The van der Waals surface area contributed by atoms with E-state index in [2.05, 4.69) is 17.1 Å². The van der Waals surface area contributed by atoms with Gasteiger partial charge in [-0.2, -0.15) is 0 Å². The molecular formula is C18H17GeNO2. The molecule has 3 aromatic rings. The van der Waals surface area contributed by atoms with Gasteiger partial charge in [-0.15, -0.1) is 0 Å². The molecule has 0 unspecified atom stereocenters. The third kappa shape index (κ3) is 3.54. The van der Waals surface area contributed by atoms with E-state index >= 15 is 0 Å². The average Bonchev–Trinajstić information content (AvgIpc) is 2.54. The molecule has 2 aromatic carbocycles. The second kappa shape index (κ2) is 6.75. The monoisotopic (exact) mass is 353 g/mol. The summed E-state index contributed by atoms with van der Waals surface area (Å²) >= 11 is 0.618. The number of hydrogen-bond donors (Lipinski definition) is 0. The van der Waals surface area contributed by atoms with Gasteiger partial charge in [-0.3, -0.25) is 0 Å². The molecule has 0 spiro atoms. The Balaban J connectivity index is 1.64. The van der Waals surface area contributed by atoms with E-state index in [-0.39, 0.29) is 5.97 Å². The van der Waals surface area contributed by atoms with Crippen molar-refractivity contribution in [2.45, 2.75) is 12.8 Å². The summed E-state index contributed by atoms with van der Waals surface area (Å²) in [5.41, 5.74) is 2.09. The van der Waals surface area contributed by atoms with Crippen molar-refractivity contribution in [1.82, 2.24) is 4.98 Å². The van der Waals surface area contributed by atoms with E-state index < -0.39 is 0 Å². The van der Waals surface area contributed by atoms with Crippen LogP contribution in [-0.4, -0.2) is 27.5 Å². The molecule has 0 atom stereocenters. The van der Waals surface area contributed by atoms with Crippen LogP contribution >= 0.6 is 0 Å². The Labute approximate surface area is 137 Å². The van der Waals surface area contributed by atoms with Crippen molar-refractivity contribution in [3.8, 4) is 5.88 Å². The zero-order valence-electron chi connectivity index (χ0n) is 12.5. The molecule has 3 nitrogen and oxygen atoms in total. The van der Waals surface area contributed by atoms with Gasteiger partial charge >= 0.3 is 137 Å². The molecule has 0 radical (unpaired) electrons. The summed E-state index contributed by atoms with van der Waals surface area (Å²) in [6, 6.07) is 19.7. The molecule has 1 heterocycles. The number of aryl methyl sites for hydroxylation is 1. The average molecular weight is 352 g/mol. The summed E-state index contributed by atoms with van der Waals surface area (Å²) in [5.74, 6) is 0.129. The van der Waals surface area contributed by atoms with E-state index in [9.17, 15) is 4.79 Å². The summed E-state index contributed by atoms with van der Waals surface area (Å²) < 4.78 is 6.73. The molecule has 3 rings (SSSR count). The summed E-state index contributed by atoms with van der Waals surface area (Å²) in [4.78, 5) is 16.3. The van der Waals surface area contributed by atoms with Crippen LogP contribution in [0, 0.1) is 0 Å². The van der Waals surface area contributed by atoms with Gasteiger partial charge in [0.1, 0.15) is 0 Å². The Morgan fingerprint density at radius 1 is 1.00 bits per heavy atom. The van der Waals surface area contributed by atoms with Crippen molar-refractivity contribution in [3.63, 3.8) is 0 Å². The van der Waals surface area contributed by atoms with Crippen LogP contribution in [0.1, 0.15) is 12.0 Å². The number of ether oxygens (including phenoxy) is 1. The molecule has 22 heavy (non-hydrogen) atoms. The van der Waals surface area contributed by atoms with Crippen LogP contribution < -0.4 is 9.13 Å². The number of para-hydroxylation sites is 1. The van der Waals surface area contributed by atoms with Gasteiger partial charge in [0.05, 0.1) is 0 Å². The van der Waals surface area contributed by atoms with Crippen LogP contribution in [0.4, 0.5) is 0 Å². The number of carbonyl (C=O) groups is 1. The first-order valence-corrected chi connectivity index (χ1v) is 9.43. The molecule has 0 N–H and O–H groups in total. The van der Waals surface area contributed by atoms with E-state index in [0.717, 1.165) is 17.3 Å². The van der Waals surface area contributed by atoms with Gasteiger partial charge in [0.25, 0.3) is 0 Å². The van der Waals surface area contributed by atoms with Crippen LogP contribution in [0.2, 0.25) is 0 Å². The van der Waals surface area contributed by atoms with Crippen molar-refractivity contribution >= 4 is 37.8 Å². The predicted molar refractivity (Wildman–Crippen MR) is 91.7 cm³/mol. The Morgan fingerprint density at radius 2 is 1.77 bits per heavy atom. The van der Waals surface area contributed by atoms with E-state index in [0.29, 0.717) is 28.8 Å². The Kier molecular flexibility index (Phi) is 4.54. The Morgan fingerprint density at radius 3 is 2.64 bits per heavy atom. The topological polar surface area (TPSA) is 39.2 Å². The summed E-state index contributed by atoms with van der Waals surface area (Å²) in [5, 5.41) is 1.04. The van der Waals surface area contributed by atoms with Crippen molar-refractivity contribution in [2.24, 2.45) is 0 Å².